The summed E-state index contributed by atoms with van der Waals surface area (Å²) >= 11 is 0. The quantitative estimate of drug-likeness (QED) is 0.719. The van der Waals surface area contributed by atoms with Crippen LogP contribution < -0.4 is 20.5 Å². The fourth-order valence-corrected chi connectivity index (χ4v) is 4.30. The third-order valence-corrected chi connectivity index (χ3v) is 6.11. The van der Waals surface area contributed by atoms with Crippen molar-refractivity contribution in [3.63, 3.8) is 0 Å². The van der Waals surface area contributed by atoms with Crippen LogP contribution in [0.4, 0.5) is 11.8 Å². The number of H-pyrrole nitrogens is 1. The molecule has 1 aromatic heterocycles. The lowest BCUT2D eigenvalue weighted by atomic mass is 9.79. The van der Waals surface area contributed by atoms with Gasteiger partial charge in [0.15, 0.2) is 0 Å². The van der Waals surface area contributed by atoms with Crippen LogP contribution in [0.3, 0.4) is 0 Å². The number of nitriles is 1. The standard InChI is InChI=1S/C24H29N5O3/c1-15(2)10-13-32-17-8-6-16(7-9-17)19-18(14-25)22(30)26-21-20(19)23(31)28-24(27-21)29-11-4-3-5-12-29/h6-9,15,18-19H,3-5,10-13H2,1-2H3,(H2,26,27,28,30,31). The van der Waals surface area contributed by atoms with E-state index in [-0.39, 0.29) is 11.4 Å². The van der Waals surface area contributed by atoms with Crippen molar-refractivity contribution < 1.29 is 9.53 Å². The summed E-state index contributed by atoms with van der Waals surface area (Å²) in [6, 6.07) is 9.35. The minimum absolute atomic E-state index is 0.244. The predicted octanol–water partition coefficient (Wildman–Crippen LogP) is 3.41. The number of hydrogen-bond acceptors (Lipinski definition) is 6. The lowest BCUT2D eigenvalue weighted by Crippen LogP contribution is -2.40. The number of hydrogen-bond donors (Lipinski definition) is 2. The number of amides is 1. The van der Waals surface area contributed by atoms with Gasteiger partial charge in [-0.2, -0.15) is 10.2 Å². The maximum Gasteiger partial charge on any atom is 0.258 e. The maximum absolute atomic E-state index is 13.1. The van der Waals surface area contributed by atoms with Crippen LogP contribution in [0, 0.1) is 23.2 Å². The summed E-state index contributed by atoms with van der Waals surface area (Å²) in [5.41, 5.74) is 0.713. The van der Waals surface area contributed by atoms with Gasteiger partial charge in [-0.15, -0.1) is 0 Å². The Morgan fingerprint density at radius 1 is 1.19 bits per heavy atom. The molecule has 8 nitrogen and oxygen atoms in total. The van der Waals surface area contributed by atoms with Crippen molar-refractivity contribution in [2.24, 2.45) is 11.8 Å². The van der Waals surface area contributed by atoms with Gasteiger partial charge in [-0.3, -0.25) is 14.6 Å². The number of fused-ring (bicyclic) bond motifs is 1. The summed E-state index contributed by atoms with van der Waals surface area (Å²) < 4.78 is 5.78. The maximum atomic E-state index is 13.1. The van der Waals surface area contributed by atoms with Crippen LogP contribution in [-0.2, 0) is 4.79 Å². The van der Waals surface area contributed by atoms with Crippen molar-refractivity contribution >= 4 is 17.7 Å². The third-order valence-electron chi connectivity index (χ3n) is 6.11. The monoisotopic (exact) mass is 435 g/mol. The number of aromatic nitrogens is 2. The summed E-state index contributed by atoms with van der Waals surface area (Å²) in [6.07, 6.45) is 4.19. The zero-order chi connectivity index (χ0) is 22.7. The normalized spacial score (nSPS) is 20.4. The van der Waals surface area contributed by atoms with Crippen molar-refractivity contribution in [2.45, 2.75) is 45.4 Å². The summed E-state index contributed by atoms with van der Waals surface area (Å²) in [5.74, 6) is -0.165. The smallest absolute Gasteiger partial charge is 0.258 e. The number of carbonyl (C=O) groups excluding carboxylic acids is 1. The van der Waals surface area contributed by atoms with Gasteiger partial charge < -0.3 is 15.0 Å². The number of ether oxygens (including phenoxy) is 1. The van der Waals surface area contributed by atoms with Crippen LogP contribution in [0.5, 0.6) is 5.75 Å². The van der Waals surface area contributed by atoms with Crippen molar-refractivity contribution in [1.82, 2.24) is 9.97 Å². The molecule has 0 saturated carbocycles. The Labute approximate surface area is 187 Å². The molecule has 2 atom stereocenters. The van der Waals surface area contributed by atoms with E-state index in [0.717, 1.165) is 44.5 Å². The lowest BCUT2D eigenvalue weighted by Gasteiger charge is -2.31. The molecule has 2 N–H and O–H groups in total. The lowest BCUT2D eigenvalue weighted by molar-refractivity contribution is -0.119. The number of nitrogens with one attached hydrogen (secondary N) is 2. The zero-order valence-electron chi connectivity index (χ0n) is 18.6. The molecule has 32 heavy (non-hydrogen) atoms. The van der Waals surface area contributed by atoms with E-state index in [1.54, 1.807) is 0 Å². The first kappa shape index (κ1) is 21.9. The predicted molar refractivity (Wildman–Crippen MR) is 122 cm³/mol. The fourth-order valence-electron chi connectivity index (χ4n) is 4.30. The average molecular weight is 436 g/mol. The highest BCUT2D eigenvalue weighted by Crippen LogP contribution is 2.38. The molecule has 0 radical (unpaired) electrons. The van der Waals surface area contributed by atoms with E-state index in [2.05, 4.69) is 35.2 Å². The highest BCUT2D eigenvalue weighted by Gasteiger charge is 2.40. The molecule has 2 aliphatic rings. The number of piperidine rings is 1. The van der Waals surface area contributed by atoms with Gasteiger partial charge in [-0.05, 0) is 49.3 Å². The summed E-state index contributed by atoms with van der Waals surface area (Å²) in [5, 5.41) is 12.4. The molecule has 2 aliphatic heterocycles. The molecule has 2 unspecified atom stereocenters. The topological polar surface area (TPSA) is 111 Å². The minimum atomic E-state index is -1.01. The first-order valence-electron chi connectivity index (χ1n) is 11.3. The average Bonchev–Trinajstić information content (AvgIpc) is 2.79. The number of benzene rings is 1. The molecule has 0 spiro atoms. The molecule has 1 aromatic carbocycles. The van der Waals surface area contributed by atoms with E-state index < -0.39 is 17.7 Å². The van der Waals surface area contributed by atoms with E-state index in [1.807, 2.05) is 29.2 Å². The fraction of sp³-hybridized carbons (Fsp3) is 0.500. The van der Waals surface area contributed by atoms with E-state index in [0.29, 0.717) is 29.6 Å². The Morgan fingerprint density at radius 3 is 2.56 bits per heavy atom. The SMILES string of the molecule is CC(C)CCOc1ccc(C2c3c(nc(N4CCCCC4)[nH]c3=O)NC(=O)C2C#N)cc1. The number of anilines is 2. The van der Waals surface area contributed by atoms with E-state index in [1.165, 1.54) is 0 Å². The zero-order valence-corrected chi connectivity index (χ0v) is 18.6. The molecule has 2 aromatic rings. The Balaban J connectivity index is 1.67. The molecule has 168 valence electrons. The van der Waals surface area contributed by atoms with Crippen molar-refractivity contribution in [1.29, 1.82) is 5.26 Å². The second-order valence-corrected chi connectivity index (χ2v) is 8.87. The first-order chi connectivity index (χ1) is 15.5. The van der Waals surface area contributed by atoms with Gasteiger partial charge >= 0.3 is 0 Å². The molecule has 4 rings (SSSR count). The number of aromatic amines is 1. The Hall–Kier alpha value is -3.34. The van der Waals surface area contributed by atoms with E-state index in [4.69, 9.17) is 4.74 Å². The van der Waals surface area contributed by atoms with Crippen molar-refractivity contribution in [2.75, 3.05) is 29.9 Å². The second-order valence-electron chi connectivity index (χ2n) is 8.87. The first-order valence-corrected chi connectivity index (χ1v) is 11.3. The van der Waals surface area contributed by atoms with Gasteiger partial charge in [0.25, 0.3) is 5.56 Å². The largest absolute Gasteiger partial charge is 0.494 e. The van der Waals surface area contributed by atoms with Crippen LogP contribution in [-0.4, -0.2) is 35.6 Å². The number of rotatable bonds is 6. The minimum Gasteiger partial charge on any atom is -0.494 e. The Kier molecular flexibility index (Phi) is 6.45. The third kappa shape index (κ3) is 4.47. The molecule has 0 bridgehead atoms. The van der Waals surface area contributed by atoms with Gasteiger partial charge in [0.05, 0.1) is 18.2 Å². The van der Waals surface area contributed by atoms with Gasteiger partial charge in [0, 0.05) is 19.0 Å². The van der Waals surface area contributed by atoms with Crippen LogP contribution >= 0.6 is 0 Å². The van der Waals surface area contributed by atoms with Crippen LogP contribution in [0.25, 0.3) is 0 Å². The van der Waals surface area contributed by atoms with Gasteiger partial charge in [0.1, 0.15) is 17.5 Å². The van der Waals surface area contributed by atoms with Gasteiger partial charge in [-0.25, -0.2) is 0 Å². The second kappa shape index (κ2) is 9.43. The Bertz CT molecular complexity index is 1060. The van der Waals surface area contributed by atoms with Crippen LogP contribution in [0.15, 0.2) is 29.1 Å². The molecule has 1 amide bonds. The van der Waals surface area contributed by atoms with Crippen molar-refractivity contribution in [3.8, 4) is 11.8 Å². The van der Waals surface area contributed by atoms with Gasteiger partial charge in [0.2, 0.25) is 11.9 Å². The molecule has 0 aliphatic carbocycles. The Morgan fingerprint density at radius 2 is 1.91 bits per heavy atom. The highest BCUT2D eigenvalue weighted by atomic mass is 16.5. The molecule has 3 heterocycles. The van der Waals surface area contributed by atoms with Crippen LogP contribution in [0.2, 0.25) is 0 Å². The molecule has 8 heteroatoms. The summed E-state index contributed by atoms with van der Waals surface area (Å²) in [7, 11) is 0. The highest BCUT2D eigenvalue weighted by molar-refractivity contribution is 5.98. The molecular weight excluding hydrogens is 406 g/mol. The van der Waals surface area contributed by atoms with E-state index in [9.17, 15) is 14.9 Å². The van der Waals surface area contributed by atoms with Crippen molar-refractivity contribution in [3.05, 3.63) is 45.7 Å². The number of carbonyl (C=O) groups is 1. The molecule has 1 saturated heterocycles. The van der Waals surface area contributed by atoms with Gasteiger partial charge in [-0.1, -0.05) is 26.0 Å². The molecule has 1 fully saturated rings. The summed E-state index contributed by atoms with van der Waals surface area (Å²) in [4.78, 5) is 35.4. The van der Waals surface area contributed by atoms with Crippen LogP contribution in [0.1, 0.15) is 56.6 Å². The summed E-state index contributed by atoms with van der Waals surface area (Å²) in [6.45, 7) is 6.54. The molecular formula is C24H29N5O3. The number of nitrogens with zero attached hydrogens (tertiary/aromatic N) is 3. The van der Waals surface area contributed by atoms with E-state index >= 15 is 0 Å².